The van der Waals surface area contributed by atoms with E-state index in [4.69, 9.17) is 0 Å². The molecule has 25 heavy (non-hydrogen) atoms. The van der Waals surface area contributed by atoms with Gasteiger partial charge in [-0.3, -0.25) is 4.90 Å². The molecule has 0 amide bonds. The van der Waals surface area contributed by atoms with Crippen LogP contribution in [0.3, 0.4) is 0 Å². The molecule has 140 valence electrons. The number of nitrogens with zero attached hydrogens (tertiary/aromatic N) is 1. The van der Waals surface area contributed by atoms with E-state index in [-0.39, 0.29) is 6.10 Å². The minimum Gasteiger partial charge on any atom is -0.391 e. The van der Waals surface area contributed by atoms with Gasteiger partial charge in [-0.1, -0.05) is 42.7 Å². The highest BCUT2D eigenvalue weighted by molar-refractivity contribution is 5.22. The van der Waals surface area contributed by atoms with Gasteiger partial charge in [-0.15, -0.1) is 0 Å². The molecule has 1 aromatic rings. The molecule has 1 aliphatic carbocycles. The summed E-state index contributed by atoms with van der Waals surface area (Å²) in [4.78, 5) is 2.55. The van der Waals surface area contributed by atoms with Crippen LogP contribution in [0.25, 0.3) is 0 Å². The Morgan fingerprint density at radius 3 is 2.64 bits per heavy atom. The highest BCUT2D eigenvalue weighted by atomic mass is 16.3. The maximum absolute atomic E-state index is 10.3. The minimum atomic E-state index is -0.0912. The van der Waals surface area contributed by atoms with Crippen molar-refractivity contribution in [1.29, 1.82) is 0 Å². The first-order valence-electron chi connectivity index (χ1n) is 10.4. The number of aliphatic hydroxyl groups is 1. The molecule has 3 nitrogen and oxygen atoms in total. The Balaban J connectivity index is 1.38. The Labute approximate surface area is 153 Å². The van der Waals surface area contributed by atoms with Crippen molar-refractivity contribution < 1.29 is 5.11 Å². The molecule has 1 aromatic carbocycles. The molecule has 1 aliphatic heterocycles. The molecular formula is C22H36N2O. The zero-order valence-corrected chi connectivity index (χ0v) is 16.1. The quantitative estimate of drug-likeness (QED) is 0.826. The Bertz CT molecular complexity index is 525. The van der Waals surface area contributed by atoms with Crippen LogP contribution < -0.4 is 5.32 Å². The van der Waals surface area contributed by atoms with Crippen molar-refractivity contribution in [3.05, 3.63) is 35.4 Å². The third kappa shape index (κ3) is 5.54. The Morgan fingerprint density at radius 2 is 1.92 bits per heavy atom. The van der Waals surface area contributed by atoms with E-state index < -0.39 is 0 Å². The molecule has 3 rings (SSSR count). The molecule has 1 saturated carbocycles. The Hall–Kier alpha value is -0.900. The summed E-state index contributed by atoms with van der Waals surface area (Å²) in [5, 5.41) is 14.1. The summed E-state index contributed by atoms with van der Waals surface area (Å²) in [5.74, 6) is 0. The van der Waals surface area contributed by atoms with Crippen molar-refractivity contribution in [1.82, 2.24) is 10.2 Å². The van der Waals surface area contributed by atoms with Crippen molar-refractivity contribution >= 4 is 0 Å². The lowest BCUT2D eigenvalue weighted by atomic mass is 9.89. The number of piperidine rings is 1. The lowest BCUT2D eigenvalue weighted by molar-refractivity contribution is 0.00667. The van der Waals surface area contributed by atoms with Gasteiger partial charge in [-0.05, 0) is 57.9 Å². The van der Waals surface area contributed by atoms with E-state index in [0.717, 1.165) is 25.9 Å². The summed E-state index contributed by atoms with van der Waals surface area (Å²) < 4.78 is 0. The largest absolute Gasteiger partial charge is 0.391 e. The minimum absolute atomic E-state index is 0.0912. The van der Waals surface area contributed by atoms with Gasteiger partial charge in [0.1, 0.15) is 0 Å². The van der Waals surface area contributed by atoms with Crippen LogP contribution in [0.15, 0.2) is 24.3 Å². The van der Waals surface area contributed by atoms with Crippen molar-refractivity contribution in [2.24, 2.45) is 0 Å². The fraction of sp³-hybridized carbons (Fsp3) is 0.727. The van der Waals surface area contributed by atoms with Crippen LogP contribution in [0, 0.1) is 6.92 Å². The zero-order valence-electron chi connectivity index (χ0n) is 16.1. The number of nitrogens with one attached hydrogen (secondary N) is 1. The summed E-state index contributed by atoms with van der Waals surface area (Å²) in [5.41, 5.74) is 2.81. The zero-order chi connectivity index (χ0) is 17.6. The molecule has 3 unspecified atom stereocenters. The monoisotopic (exact) mass is 344 g/mol. The second-order valence-corrected chi connectivity index (χ2v) is 8.32. The first-order valence-corrected chi connectivity index (χ1v) is 10.4. The summed E-state index contributed by atoms with van der Waals surface area (Å²) in [7, 11) is 0. The van der Waals surface area contributed by atoms with Gasteiger partial charge in [0, 0.05) is 31.2 Å². The van der Waals surface area contributed by atoms with Crippen molar-refractivity contribution in [2.45, 2.75) is 89.4 Å². The fourth-order valence-corrected chi connectivity index (χ4v) is 4.65. The van der Waals surface area contributed by atoms with E-state index in [9.17, 15) is 5.11 Å². The molecule has 2 fully saturated rings. The number of aryl methyl sites for hydroxylation is 2. The van der Waals surface area contributed by atoms with E-state index in [1.165, 1.54) is 49.7 Å². The predicted molar refractivity (Wildman–Crippen MR) is 105 cm³/mol. The first kappa shape index (κ1) is 18.9. The lowest BCUT2D eigenvalue weighted by Gasteiger charge is -2.42. The Morgan fingerprint density at radius 1 is 1.16 bits per heavy atom. The highest BCUT2D eigenvalue weighted by Gasteiger charge is 2.31. The fourth-order valence-electron chi connectivity index (χ4n) is 4.65. The molecule has 2 N–H and O–H groups in total. The van der Waals surface area contributed by atoms with Crippen molar-refractivity contribution in [3.63, 3.8) is 0 Å². The topological polar surface area (TPSA) is 35.5 Å². The van der Waals surface area contributed by atoms with Crippen LogP contribution in [-0.2, 0) is 6.42 Å². The normalized spacial score (nSPS) is 27.3. The molecule has 1 saturated heterocycles. The molecular weight excluding hydrogens is 308 g/mol. The van der Waals surface area contributed by atoms with Gasteiger partial charge in [0.05, 0.1) is 6.10 Å². The van der Waals surface area contributed by atoms with E-state index in [0.29, 0.717) is 18.1 Å². The number of hydrogen-bond donors (Lipinski definition) is 2. The van der Waals surface area contributed by atoms with E-state index in [2.05, 4.69) is 48.3 Å². The molecule has 0 aromatic heterocycles. The van der Waals surface area contributed by atoms with Crippen LogP contribution in [0.2, 0.25) is 0 Å². The van der Waals surface area contributed by atoms with Crippen LogP contribution in [-0.4, -0.2) is 47.3 Å². The molecule has 0 bridgehead atoms. The van der Waals surface area contributed by atoms with Gasteiger partial charge >= 0.3 is 0 Å². The first-order chi connectivity index (χ1) is 12.1. The van der Waals surface area contributed by atoms with Crippen LogP contribution in [0.1, 0.15) is 63.0 Å². The number of likely N-dealkylation sites (tertiary alicyclic amines) is 1. The summed E-state index contributed by atoms with van der Waals surface area (Å²) in [6, 6.07) is 10.5. The number of benzene rings is 1. The molecule has 2 aliphatic rings. The highest BCUT2D eigenvalue weighted by Crippen LogP contribution is 2.26. The Kier molecular flexibility index (Phi) is 6.92. The number of hydrogen-bond acceptors (Lipinski definition) is 3. The smallest absolute Gasteiger partial charge is 0.0695 e. The number of aliphatic hydroxyl groups excluding tert-OH is 1. The predicted octanol–water partition coefficient (Wildman–Crippen LogP) is 3.67. The second-order valence-electron chi connectivity index (χ2n) is 8.32. The standard InChI is InChI=1S/C22H36N2O/c1-17-6-5-7-19(16-17)11-10-18(2)23-20-12-14-24(15-13-20)21-8-3-4-9-22(21)25/h5-7,16,18,20-23,25H,3-4,8-15H2,1-2H3. The van der Waals surface area contributed by atoms with Gasteiger partial charge in [0.15, 0.2) is 0 Å². The average Bonchev–Trinajstić information content (AvgIpc) is 2.61. The average molecular weight is 345 g/mol. The van der Waals surface area contributed by atoms with Crippen molar-refractivity contribution in [3.8, 4) is 0 Å². The van der Waals surface area contributed by atoms with Gasteiger partial charge in [-0.2, -0.15) is 0 Å². The van der Waals surface area contributed by atoms with Crippen LogP contribution in [0.4, 0.5) is 0 Å². The maximum Gasteiger partial charge on any atom is 0.0695 e. The van der Waals surface area contributed by atoms with Crippen molar-refractivity contribution in [2.75, 3.05) is 13.1 Å². The van der Waals surface area contributed by atoms with E-state index in [1.807, 2.05) is 0 Å². The summed E-state index contributed by atoms with van der Waals surface area (Å²) in [6.07, 6.45) is 9.38. The van der Waals surface area contributed by atoms with Gasteiger partial charge < -0.3 is 10.4 Å². The third-order valence-electron chi connectivity index (χ3n) is 6.16. The second kappa shape index (κ2) is 9.16. The van der Waals surface area contributed by atoms with Gasteiger partial charge in [-0.25, -0.2) is 0 Å². The van der Waals surface area contributed by atoms with Crippen LogP contribution in [0.5, 0.6) is 0 Å². The summed E-state index contributed by atoms with van der Waals surface area (Å²) >= 11 is 0. The van der Waals surface area contributed by atoms with E-state index in [1.54, 1.807) is 0 Å². The van der Waals surface area contributed by atoms with Crippen LogP contribution >= 0.6 is 0 Å². The SMILES string of the molecule is Cc1cccc(CCC(C)NC2CCN(C3CCCCC3O)CC2)c1. The van der Waals surface area contributed by atoms with Gasteiger partial charge in [0.25, 0.3) is 0 Å². The maximum atomic E-state index is 10.3. The number of rotatable bonds is 6. The molecule has 0 spiro atoms. The summed E-state index contributed by atoms with van der Waals surface area (Å²) in [6.45, 7) is 6.78. The third-order valence-corrected chi connectivity index (χ3v) is 6.16. The molecule has 0 radical (unpaired) electrons. The molecule has 1 heterocycles. The molecule has 3 atom stereocenters. The van der Waals surface area contributed by atoms with Gasteiger partial charge in [0.2, 0.25) is 0 Å². The lowest BCUT2D eigenvalue weighted by Crippen LogP contribution is -2.52. The molecule has 3 heteroatoms. The van der Waals surface area contributed by atoms with E-state index >= 15 is 0 Å².